The Morgan fingerprint density at radius 1 is 1.28 bits per heavy atom. The van der Waals surface area contributed by atoms with Crippen LogP contribution in [0, 0.1) is 5.92 Å². The summed E-state index contributed by atoms with van der Waals surface area (Å²) in [6, 6.07) is 10.3. The molecule has 4 aromatic rings. The predicted molar refractivity (Wildman–Crippen MR) is 101 cm³/mol. The molecule has 6 heteroatoms. The monoisotopic (exact) mass is 349 g/mol. The maximum Gasteiger partial charge on any atom is 0.227 e. The summed E-state index contributed by atoms with van der Waals surface area (Å²) in [4.78, 5) is 12.0. The van der Waals surface area contributed by atoms with Gasteiger partial charge in [-0.25, -0.2) is 9.97 Å². The van der Waals surface area contributed by atoms with Gasteiger partial charge in [-0.3, -0.25) is 0 Å². The molecule has 25 heavy (non-hydrogen) atoms. The van der Waals surface area contributed by atoms with Gasteiger partial charge in [-0.2, -0.15) is 9.61 Å². The summed E-state index contributed by atoms with van der Waals surface area (Å²) in [5, 5.41) is 9.04. The Balaban J connectivity index is 1.61. The Bertz CT molecular complexity index is 1050. The highest BCUT2D eigenvalue weighted by Gasteiger charge is 2.24. The van der Waals surface area contributed by atoms with Crippen molar-refractivity contribution in [3.05, 3.63) is 52.7 Å². The SMILES string of the molecule is CC1CCc2sc3nc(NCc4ccccc4)n4ncnc4c3c2C1. The Kier molecular flexibility index (Phi) is 3.45. The van der Waals surface area contributed by atoms with Crippen molar-refractivity contribution in [2.75, 3.05) is 5.32 Å². The molecule has 1 N–H and O–H groups in total. The standard InChI is InChI=1S/C19H19N5S/c1-12-7-8-15-14(9-12)16-17-21-11-22-24(17)19(23-18(16)25-15)20-10-13-5-3-2-4-6-13/h2-6,11-12H,7-10H2,1H3,(H,20,23). The van der Waals surface area contributed by atoms with E-state index < -0.39 is 0 Å². The van der Waals surface area contributed by atoms with Crippen LogP contribution in [0.2, 0.25) is 0 Å². The molecular weight excluding hydrogens is 330 g/mol. The maximum atomic E-state index is 4.89. The van der Waals surface area contributed by atoms with Gasteiger partial charge < -0.3 is 5.32 Å². The zero-order valence-electron chi connectivity index (χ0n) is 14.1. The van der Waals surface area contributed by atoms with E-state index in [1.165, 1.54) is 27.8 Å². The van der Waals surface area contributed by atoms with Crippen molar-refractivity contribution in [3.8, 4) is 0 Å². The van der Waals surface area contributed by atoms with Crippen molar-refractivity contribution in [2.24, 2.45) is 5.92 Å². The Hall–Kier alpha value is -2.47. The van der Waals surface area contributed by atoms with E-state index in [1.807, 2.05) is 34.1 Å². The predicted octanol–water partition coefficient (Wildman–Crippen LogP) is 4.08. The molecule has 1 aliphatic carbocycles. The van der Waals surface area contributed by atoms with Gasteiger partial charge in [0, 0.05) is 11.4 Å². The first-order chi connectivity index (χ1) is 12.3. The summed E-state index contributed by atoms with van der Waals surface area (Å²) < 4.78 is 1.84. The van der Waals surface area contributed by atoms with Crippen LogP contribution in [0.5, 0.6) is 0 Å². The molecule has 0 saturated carbocycles. The third-order valence-electron chi connectivity index (χ3n) is 4.96. The van der Waals surface area contributed by atoms with Crippen molar-refractivity contribution < 1.29 is 0 Å². The van der Waals surface area contributed by atoms with Gasteiger partial charge in [0.2, 0.25) is 5.95 Å². The highest BCUT2D eigenvalue weighted by Crippen LogP contribution is 2.39. The first-order valence-corrected chi connectivity index (χ1v) is 9.53. The molecule has 1 atom stereocenters. The van der Waals surface area contributed by atoms with Gasteiger partial charge in [-0.05, 0) is 36.3 Å². The smallest absolute Gasteiger partial charge is 0.227 e. The maximum absolute atomic E-state index is 4.89. The molecule has 0 aliphatic heterocycles. The second kappa shape index (κ2) is 5.81. The summed E-state index contributed by atoms with van der Waals surface area (Å²) in [5.41, 5.74) is 3.59. The Morgan fingerprint density at radius 3 is 3.04 bits per heavy atom. The normalized spacial score (nSPS) is 17.1. The van der Waals surface area contributed by atoms with Crippen LogP contribution in [0.4, 0.5) is 5.95 Å². The molecule has 5 nitrogen and oxygen atoms in total. The number of aromatic nitrogens is 4. The fourth-order valence-electron chi connectivity index (χ4n) is 3.65. The number of nitrogens with one attached hydrogen (secondary N) is 1. The Labute approximate surface area is 149 Å². The molecule has 126 valence electrons. The molecular formula is C19H19N5S. The lowest BCUT2D eigenvalue weighted by molar-refractivity contribution is 0.508. The van der Waals surface area contributed by atoms with Crippen molar-refractivity contribution in [1.29, 1.82) is 0 Å². The van der Waals surface area contributed by atoms with E-state index in [1.54, 1.807) is 6.33 Å². The van der Waals surface area contributed by atoms with E-state index >= 15 is 0 Å². The van der Waals surface area contributed by atoms with Gasteiger partial charge >= 0.3 is 0 Å². The number of aryl methyl sites for hydroxylation is 1. The molecule has 0 fully saturated rings. The lowest BCUT2D eigenvalue weighted by atomic mass is 9.89. The van der Waals surface area contributed by atoms with E-state index in [0.717, 1.165) is 41.7 Å². The van der Waals surface area contributed by atoms with Crippen LogP contribution in [0.15, 0.2) is 36.7 Å². The summed E-state index contributed by atoms with van der Waals surface area (Å²) in [6.45, 7) is 3.05. The number of rotatable bonds is 3. The van der Waals surface area contributed by atoms with Crippen molar-refractivity contribution >= 4 is 33.1 Å². The second-order valence-corrected chi connectivity index (χ2v) is 7.89. The fourth-order valence-corrected chi connectivity index (χ4v) is 4.87. The highest BCUT2D eigenvalue weighted by molar-refractivity contribution is 7.19. The van der Waals surface area contributed by atoms with Crippen LogP contribution < -0.4 is 5.32 Å². The minimum atomic E-state index is 0.719. The zero-order valence-corrected chi connectivity index (χ0v) is 14.9. The summed E-state index contributed by atoms with van der Waals surface area (Å²) in [5.74, 6) is 1.49. The van der Waals surface area contributed by atoms with Gasteiger partial charge in [0.15, 0.2) is 5.65 Å². The van der Waals surface area contributed by atoms with E-state index in [4.69, 9.17) is 4.98 Å². The molecule has 0 radical (unpaired) electrons. The van der Waals surface area contributed by atoms with Crippen LogP contribution in [0.1, 0.15) is 29.3 Å². The first-order valence-electron chi connectivity index (χ1n) is 8.71. The number of thiophene rings is 1. The highest BCUT2D eigenvalue weighted by atomic mass is 32.1. The van der Waals surface area contributed by atoms with Crippen molar-refractivity contribution in [1.82, 2.24) is 19.6 Å². The summed E-state index contributed by atoms with van der Waals surface area (Å²) in [7, 11) is 0. The minimum Gasteiger partial charge on any atom is -0.350 e. The summed E-state index contributed by atoms with van der Waals surface area (Å²) in [6.07, 6.45) is 5.17. The lowest BCUT2D eigenvalue weighted by Gasteiger charge is -2.17. The quantitative estimate of drug-likeness (QED) is 0.606. The Morgan fingerprint density at radius 2 is 2.16 bits per heavy atom. The number of hydrogen-bond acceptors (Lipinski definition) is 5. The second-order valence-electron chi connectivity index (χ2n) is 6.80. The van der Waals surface area contributed by atoms with E-state index in [9.17, 15) is 0 Å². The van der Waals surface area contributed by atoms with Crippen molar-refractivity contribution in [3.63, 3.8) is 0 Å². The summed E-state index contributed by atoms with van der Waals surface area (Å²) >= 11 is 1.82. The fraction of sp³-hybridized carbons (Fsp3) is 0.316. The van der Waals surface area contributed by atoms with Gasteiger partial charge in [0.1, 0.15) is 11.2 Å². The molecule has 0 spiro atoms. The van der Waals surface area contributed by atoms with Gasteiger partial charge in [0.25, 0.3) is 0 Å². The number of hydrogen-bond donors (Lipinski definition) is 1. The topological polar surface area (TPSA) is 55.1 Å². The average molecular weight is 349 g/mol. The lowest BCUT2D eigenvalue weighted by Crippen LogP contribution is -2.10. The molecule has 1 aromatic carbocycles. The van der Waals surface area contributed by atoms with Crippen LogP contribution in [-0.2, 0) is 19.4 Å². The van der Waals surface area contributed by atoms with Crippen LogP contribution in [0.25, 0.3) is 15.9 Å². The number of benzene rings is 1. The average Bonchev–Trinajstić information content (AvgIpc) is 3.24. The molecule has 1 unspecified atom stereocenters. The zero-order chi connectivity index (χ0) is 16.8. The third-order valence-corrected chi connectivity index (χ3v) is 6.15. The molecule has 0 bridgehead atoms. The van der Waals surface area contributed by atoms with Crippen LogP contribution >= 0.6 is 11.3 Å². The van der Waals surface area contributed by atoms with Gasteiger partial charge in [0.05, 0.1) is 5.39 Å². The molecule has 3 aromatic heterocycles. The van der Waals surface area contributed by atoms with Gasteiger partial charge in [-0.15, -0.1) is 11.3 Å². The molecule has 0 amide bonds. The number of anilines is 1. The first kappa shape index (κ1) is 14.8. The van der Waals surface area contributed by atoms with E-state index in [0.29, 0.717) is 0 Å². The molecule has 0 saturated heterocycles. The van der Waals surface area contributed by atoms with E-state index in [-0.39, 0.29) is 0 Å². The third kappa shape index (κ3) is 2.48. The van der Waals surface area contributed by atoms with Crippen molar-refractivity contribution in [2.45, 2.75) is 32.7 Å². The molecule has 3 heterocycles. The molecule has 1 aliphatic rings. The largest absolute Gasteiger partial charge is 0.350 e. The number of nitrogens with zero attached hydrogens (tertiary/aromatic N) is 4. The number of fused-ring (bicyclic) bond motifs is 5. The van der Waals surface area contributed by atoms with E-state index in [2.05, 4.69) is 34.5 Å². The van der Waals surface area contributed by atoms with Gasteiger partial charge in [-0.1, -0.05) is 37.3 Å². The minimum absolute atomic E-state index is 0.719. The molecule has 5 rings (SSSR count). The van der Waals surface area contributed by atoms with Crippen LogP contribution in [-0.4, -0.2) is 19.6 Å². The van der Waals surface area contributed by atoms with Crippen LogP contribution in [0.3, 0.4) is 0 Å².